The average Bonchev–Trinajstić information content (AvgIpc) is 2.74. The molecule has 1 N–H and O–H groups in total. The van der Waals surface area contributed by atoms with Crippen molar-refractivity contribution in [3.05, 3.63) is 78.9 Å². The number of benzene rings is 3. The Morgan fingerprint density at radius 2 is 1.19 bits per heavy atom. The molecule has 0 aromatic heterocycles. The molecule has 0 bridgehead atoms. The molecule has 0 heterocycles. The second-order valence-corrected chi connectivity index (χ2v) is 9.00. The van der Waals surface area contributed by atoms with Crippen LogP contribution in [-0.4, -0.2) is 5.97 Å². The zero-order valence-electron chi connectivity index (χ0n) is 18.7. The summed E-state index contributed by atoms with van der Waals surface area (Å²) in [5, 5.41) is 11.8. The van der Waals surface area contributed by atoms with E-state index in [-0.39, 0.29) is 11.4 Å². The molecule has 3 aromatic rings. The first-order valence-electron chi connectivity index (χ1n) is 10.3. The fraction of sp³-hybridized carbons (Fsp3) is 0.269. The third kappa shape index (κ3) is 5.79. The van der Waals surface area contributed by atoms with E-state index in [4.69, 9.17) is 4.74 Å². The lowest BCUT2D eigenvalue weighted by atomic mass is 9.69. The van der Waals surface area contributed by atoms with Crippen molar-refractivity contribution in [2.24, 2.45) is 21.1 Å². The fourth-order valence-corrected chi connectivity index (χ4v) is 2.54. The summed E-state index contributed by atoms with van der Waals surface area (Å²) in [5.74, 6) is 0.297. The molecule has 31 heavy (non-hydrogen) atoms. The highest BCUT2D eigenvalue weighted by molar-refractivity contribution is 5.79. The largest absolute Gasteiger partial charge is 0.426 e. The van der Waals surface area contributed by atoms with Crippen molar-refractivity contribution in [1.29, 1.82) is 0 Å². The minimum absolute atomic E-state index is 0.196. The van der Waals surface area contributed by atoms with E-state index in [1.54, 1.807) is 12.1 Å². The van der Waals surface area contributed by atoms with Gasteiger partial charge in [-0.3, -0.25) is 4.79 Å². The summed E-state index contributed by atoms with van der Waals surface area (Å²) < 4.78 is 5.60. The molecule has 0 amide bonds. The minimum Gasteiger partial charge on any atom is -0.426 e. The number of azo groups is 1. The topological polar surface area (TPSA) is 63.0 Å². The van der Waals surface area contributed by atoms with Crippen molar-refractivity contribution in [3.63, 3.8) is 0 Å². The number of rotatable bonds is 6. The van der Waals surface area contributed by atoms with Gasteiger partial charge >= 0.3 is 5.97 Å². The molecular formula is C26H29N3O2. The molecule has 5 heteroatoms. The van der Waals surface area contributed by atoms with Crippen LogP contribution in [0.1, 0.15) is 34.6 Å². The Labute approximate surface area is 184 Å². The second-order valence-electron chi connectivity index (χ2n) is 9.00. The lowest BCUT2D eigenvalue weighted by Gasteiger charge is -2.36. The van der Waals surface area contributed by atoms with Crippen molar-refractivity contribution >= 4 is 28.7 Å². The van der Waals surface area contributed by atoms with E-state index in [1.807, 2.05) is 101 Å². The molecule has 3 aromatic carbocycles. The number of esters is 1. The van der Waals surface area contributed by atoms with Crippen molar-refractivity contribution in [2.75, 3.05) is 5.32 Å². The quantitative estimate of drug-likeness (QED) is 0.253. The Hall–Kier alpha value is -3.47. The van der Waals surface area contributed by atoms with Gasteiger partial charge in [0.1, 0.15) is 5.75 Å². The van der Waals surface area contributed by atoms with Gasteiger partial charge < -0.3 is 10.1 Å². The van der Waals surface area contributed by atoms with Crippen LogP contribution in [-0.2, 0) is 4.79 Å². The number of hydrogen-bond donors (Lipinski definition) is 1. The third-order valence-electron chi connectivity index (χ3n) is 5.64. The number of nitrogens with zero attached hydrogens (tertiary/aromatic N) is 2. The van der Waals surface area contributed by atoms with Gasteiger partial charge in [0.25, 0.3) is 0 Å². The minimum atomic E-state index is -0.594. The van der Waals surface area contributed by atoms with Crippen molar-refractivity contribution in [1.82, 2.24) is 0 Å². The van der Waals surface area contributed by atoms with Crippen LogP contribution in [0.4, 0.5) is 22.7 Å². The maximum atomic E-state index is 12.6. The first-order chi connectivity index (χ1) is 14.6. The van der Waals surface area contributed by atoms with Crippen LogP contribution in [0.25, 0.3) is 0 Å². The van der Waals surface area contributed by atoms with Crippen LogP contribution < -0.4 is 10.1 Å². The van der Waals surface area contributed by atoms with E-state index in [1.165, 1.54) is 0 Å². The summed E-state index contributed by atoms with van der Waals surface area (Å²) in [6.07, 6.45) is 0. The van der Waals surface area contributed by atoms with Gasteiger partial charge in [-0.2, -0.15) is 10.2 Å². The van der Waals surface area contributed by atoms with E-state index in [0.717, 1.165) is 22.7 Å². The molecule has 0 fully saturated rings. The first-order valence-corrected chi connectivity index (χ1v) is 10.3. The molecule has 5 nitrogen and oxygen atoms in total. The SMILES string of the molecule is CC(C)(C)C(C)(C)C(=O)Oc1ccc(Nc2ccc(N=Nc3ccccc3)cc2)cc1. The summed E-state index contributed by atoms with van der Waals surface area (Å²) in [4.78, 5) is 12.6. The Bertz CT molecular complexity index is 1030. The predicted molar refractivity (Wildman–Crippen MR) is 126 cm³/mol. The average molecular weight is 416 g/mol. The van der Waals surface area contributed by atoms with Gasteiger partial charge in [0.05, 0.1) is 16.8 Å². The molecule has 0 atom stereocenters. The van der Waals surface area contributed by atoms with Crippen LogP contribution in [0.3, 0.4) is 0 Å². The number of anilines is 2. The van der Waals surface area contributed by atoms with E-state index < -0.39 is 5.41 Å². The molecule has 0 saturated carbocycles. The molecule has 0 aliphatic rings. The highest BCUT2D eigenvalue weighted by Gasteiger charge is 2.41. The van der Waals surface area contributed by atoms with Crippen LogP contribution in [0, 0.1) is 10.8 Å². The van der Waals surface area contributed by atoms with E-state index >= 15 is 0 Å². The van der Waals surface area contributed by atoms with Gasteiger partial charge in [0, 0.05) is 11.4 Å². The molecule has 160 valence electrons. The maximum Gasteiger partial charge on any atom is 0.317 e. The summed E-state index contributed by atoms with van der Waals surface area (Å²) in [6.45, 7) is 9.93. The fourth-order valence-electron chi connectivity index (χ4n) is 2.54. The molecule has 0 spiro atoms. The lowest BCUT2D eigenvalue weighted by Crippen LogP contribution is -2.40. The van der Waals surface area contributed by atoms with Gasteiger partial charge in [-0.15, -0.1) is 0 Å². The molecular weight excluding hydrogens is 386 g/mol. The van der Waals surface area contributed by atoms with Gasteiger partial charge in [-0.05, 0) is 79.9 Å². The van der Waals surface area contributed by atoms with Crippen molar-refractivity contribution in [3.8, 4) is 5.75 Å². The monoisotopic (exact) mass is 415 g/mol. The standard InChI is InChI=1S/C26H29N3O2/c1-25(2,3)26(4,5)24(30)31-23-17-15-20(16-18-23)27-19-11-13-22(14-12-19)29-28-21-9-7-6-8-10-21/h6-18,27H,1-5H3. The van der Waals surface area contributed by atoms with Gasteiger partial charge in [-0.1, -0.05) is 39.0 Å². The maximum absolute atomic E-state index is 12.6. The van der Waals surface area contributed by atoms with E-state index in [2.05, 4.69) is 15.5 Å². The smallest absolute Gasteiger partial charge is 0.317 e. The molecule has 0 saturated heterocycles. The number of hydrogen-bond acceptors (Lipinski definition) is 5. The molecule has 0 radical (unpaired) electrons. The number of carbonyl (C=O) groups is 1. The molecule has 3 rings (SSSR count). The summed E-state index contributed by atoms with van der Waals surface area (Å²) >= 11 is 0. The van der Waals surface area contributed by atoms with Crippen LogP contribution in [0.5, 0.6) is 5.75 Å². The van der Waals surface area contributed by atoms with Crippen molar-refractivity contribution in [2.45, 2.75) is 34.6 Å². The number of ether oxygens (including phenoxy) is 1. The molecule has 0 unspecified atom stereocenters. The Kier molecular flexibility index (Phi) is 6.54. The normalized spacial score (nSPS) is 12.0. The van der Waals surface area contributed by atoms with Crippen LogP contribution in [0.15, 0.2) is 89.1 Å². The van der Waals surface area contributed by atoms with E-state index in [9.17, 15) is 4.79 Å². The predicted octanol–water partition coefficient (Wildman–Crippen LogP) is 7.82. The van der Waals surface area contributed by atoms with Crippen LogP contribution in [0.2, 0.25) is 0 Å². The van der Waals surface area contributed by atoms with Gasteiger partial charge in [0.2, 0.25) is 0 Å². The molecule has 0 aliphatic heterocycles. The van der Waals surface area contributed by atoms with E-state index in [0.29, 0.717) is 5.75 Å². The summed E-state index contributed by atoms with van der Waals surface area (Å²) in [5.41, 5.74) is 2.63. The zero-order valence-corrected chi connectivity index (χ0v) is 18.7. The lowest BCUT2D eigenvalue weighted by molar-refractivity contribution is -0.150. The third-order valence-corrected chi connectivity index (χ3v) is 5.64. The van der Waals surface area contributed by atoms with Gasteiger partial charge in [-0.25, -0.2) is 0 Å². The second kappa shape index (κ2) is 9.13. The Morgan fingerprint density at radius 1 is 0.710 bits per heavy atom. The summed E-state index contributed by atoms with van der Waals surface area (Å²) in [6, 6.07) is 24.7. The number of nitrogens with one attached hydrogen (secondary N) is 1. The van der Waals surface area contributed by atoms with Gasteiger partial charge in [0.15, 0.2) is 0 Å². The highest BCUT2D eigenvalue weighted by atomic mass is 16.5. The Balaban J connectivity index is 1.60. The van der Waals surface area contributed by atoms with Crippen LogP contribution >= 0.6 is 0 Å². The van der Waals surface area contributed by atoms with Crippen molar-refractivity contribution < 1.29 is 9.53 Å². The summed E-state index contributed by atoms with van der Waals surface area (Å²) in [7, 11) is 0. The zero-order chi connectivity index (χ0) is 22.5. The first kappa shape index (κ1) is 22.2. The Morgan fingerprint density at radius 3 is 1.71 bits per heavy atom. The molecule has 0 aliphatic carbocycles. The number of carbonyl (C=O) groups excluding carboxylic acids is 1. The highest BCUT2D eigenvalue weighted by Crippen LogP contribution is 2.39.